The summed E-state index contributed by atoms with van der Waals surface area (Å²) in [4.78, 5) is 11.6. The minimum absolute atomic E-state index is 0.125. The average molecular weight is 420 g/mol. The highest BCUT2D eigenvalue weighted by molar-refractivity contribution is 5.69. The molecule has 0 atom stereocenters. The molecule has 0 aromatic carbocycles. The molecule has 0 spiro atoms. The monoisotopic (exact) mass is 419 g/mol. The average Bonchev–Trinajstić information content (AvgIpc) is 2.72. The second-order valence-corrected chi connectivity index (χ2v) is 7.04. The van der Waals surface area contributed by atoms with Crippen LogP contribution in [0.3, 0.4) is 0 Å². The summed E-state index contributed by atoms with van der Waals surface area (Å²) in [7, 11) is 0. The highest BCUT2D eigenvalue weighted by Gasteiger charge is 2.02. The summed E-state index contributed by atoms with van der Waals surface area (Å²) in [6.45, 7) is 7.17. The number of hydrogen-bond acceptors (Lipinski definition) is 7. The van der Waals surface area contributed by atoms with Crippen molar-refractivity contribution in [2.45, 2.75) is 71.1 Å². The molecule has 7 heteroatoms. The number of ether oxygens (including phenoxy) is 5. The number of hydrogen-bond donors (Lipinski definition) is 1. The van der Waals surface area contributed by atoms with E-state index < -0.39 is 0 Å². The summed E-state index contributed by atoms with van der Waals surface area (Å²) in [5.74, 6) is -0.125. The van der Waals surface area contributed by atoms with Crippen LogP contribution >= 0.6 is 0 Å². The summed E-state index contributed by atoms with van der Waals surface area (Å²) in [6, 6.07) is 0. The Labute approximate surface area is 177 Å². The molecule has 0 fully saturated rings. The fourth-order valence-electron chi connectivity index (χ4n) is 2.71. The van der Waals surface area contributed by atoms with E-state index in [1.54, 1.807) is 0 Å². The lowest BCUT2D eigenvalue weighted by atomic mass is 10.1. The van der Waals surface area contributed by atoms with Crippen LogP contribution < -0.4 is 5.73 Å². The van der Waals surface area contributed by atoms with Gasteiger partial charge in [0.25, 0.3) is 0 Å². The SMILES string of the molecule is CCCCCCCCCCCC(=O)OCCOCCOCCOCCOCCN. The van der Waals surface area contributed by atoms with Crippen LogP contribution in [-0.4, -0.2) is 72.0 Å². The zero-order chi connectivity index (χ0) is 21.3. The predicted molar refractivity (Wildman–Crippen MR) is 115 cm³/mol. The number of carbonyl (C=O) groups excluding carboxylic acids is 1. The molecule has 0 saturated heterocycles. The maximum absolute atomic E-state index is 11.6. The molecule has 0 aromatic rings. The van der Waals surface area contributed by atoms with Gasteiger partial charge in [0.15, 0.2) is 0 Å². The first kappa shape index (κ1) is 28.3. The normalized spacial score (nSPS) is 11.1. The van der Waals surface area contributed by atoms with E-state index in [0.29, 0.717) is 72.4 Å². The molecule has 0 aliphatic carbocycles. The number of rotatable bonds is 24. The van der Waals surface area contributed by atoms with Gasteiger partial charge >= 0.3 is 5.97 Å². The molecule has 29 heavy (non-hydrogen) atoms. The third kappa shape index (κ3) is 25.2. The van der Waals surface area contributed by atoms with Crippen molar-refractivity contribution >= 4 is 5.97 Å². The van der Waals surface area contributed by atoms with E-state index in [4.69, 9.17) is 29.4 Å². The van der Waals surface area contributed by atoms with Gasteiger partial charge in [-0.2, -0.15) is 0 Å². The molecule has 0 bridgehead atoms. The van der Waals surface area contributed by atoms with Gasteiger partial charge in [0, 0.05) is 13.0 Å². The summed E-state index contributed by atoms with van der Waals surface area (Å²) < 4.78 is 26.5. The van der Waals surface area contributed by atoms with Crippen LogP contribution in [0.25, 0.3) is 0 Å². The van der Waals surface area contributed by atoms with E-state index in [1.807, 2.05) is 0 Å². The third-order valence-corrected chi connectivity index (χ3v) is 4.35. The van der Waals surface area contributed by atoms with E-state index >= 15 is 0 Å². The molecular weight excluding hydrogens is 374 g/mol. The molecule has 0 aliphatic heterocycles. The van der Waals surface area contributed by atoms with Gasteiger partial charge in [0.2, 0.25) is 0 Å². The van der Waals surface area contributed by atoms with Gasteiger partial charge in [-0.05, 0) is 6.42 Å². The molecule has 0 heterocycles. The fraction of sp³-hybridized carbons (Fsp3) is 0.955. The Hall–Kier alpha value is -0.730. The Morgan fingerprint density at radius 3 is 1.48 bits per heavy atom. The van der Waals surface area contributed by atoms with E-state index in [1.165, 1.54) is 44.9 Å². The summed E-state index contributed by atoms with van der Waals surface area (Å²) in [6.07, 6.45) is 11.7. The fourth-order valence-corrected chi connectivity index (χ4v) is 2.71. The quantitative estimate of drug-likeness (QED) is 0.189. The topological polar surface area (TPSA) is 89.2 Å². The van der Waals surface area contributed by atoms with Gasteiger partial charge in [0.1, 0.15) is 6.61 Å². The van der Waals surface area contributed by atoms with E-state index in [9.17, 15) is 4.79 Å². The Morgan fingerprint density at radius 2 is 1.00 bits per heavy atom. The molecule has 7 nitrogen and oxygen atoms in total. The Balaban J connectivity index is 3.13. The molecule has 0 radical (unpaired) electrons. The van der Waals surface area contributed by atoms with Crippen molar-refractivity contribution in [2.24, 2.45) is 5.73 Å². The first-order valence-electron chi connectivity index (χ1n) is 11.5. The van der Waals surface area contributed by atoms with Crippen LogP contribution in [-0.2, 0) is 28.5 Å². The molecule has 0 aliphatic rings. The van der Waals surface area contributed by atoms with Gasteiger partial charge in [-0.25, -0.2) is 0 Å². The molecule has 0 rings (SSSR count). The predicted octanol–water partition coefficient (Wildman–Crippen LogP) is 3.48. The van der Waals surface area contributed by atoms with Crippen LogP contribution in [0.2, 0.25) is 0 Å². The van der Waals surface area contributed by atoms with Gasteiger partial charge in [-0.1, -0.05) is 58.3 Å². The van der Waals surface area contributed by atoms with Crippen LogP contribution in [0.1, 0.15) is 71.1 Å². The Kier molecular flexibility index (Phi) is 24.7. The summed E-state index contributed by atoms with van der Waals surface area (Å²) in [5.41, 5.74) is 5.31. The van der Waals surface area contributed by atoms with E-state index in [0.717, 1.165) is 12.8 Å². The number of nitrogens with two attached hydrogens (primary N) is 1. The zero-order valence-corrected chi connectivity index (χ0v) is 18.7. The van der Waals surface area contributed by atoms with Gasteiger partial charge in [-0.15, -0.1) is 0 Å². The standard InChI is InChI=1S/C22H45NO6/c1-2-3-4-5-6-7-8-9-10-11-22(24)29-21-20-28-19-18-27-17-16-26-15-14-25-13-12-23/h2-21,23H2,1H3. The largest absolute Gasteiger partial charge is 0.463 e. The van der Waals surface area contributed by atoms with Crippen LogP contribution in [0.15, 0.2) is 0 Å². The Morgan fingerprint density at radius 1 is 0.586 bits per heavy atom. The smallest absolute Gasteiger partial charge is 0.305 e. The van der Waals surface area contributed by atoms with Crippen molar-refractivity contribution < 1.29 is 28.5 Å². The highest BCUT2D eigenvalue weighted by atomic mass is 16.6. The van der Waals surface area contributed by atoms with Crippen molar-refractivity contribution in [1.29, 1.82) is 0 Å². The minimum atomic E-state index is -0.125. The third-order valence-electron chi connectivity index (χ3n) is 4.35. The number of esters is 1. The first-order chi connectivity index (χ1) is 14.3. The van der Waals surface area contributed by atoms with Crippen LogP contribution in [0.4, 0.5) is 0 Å². The lowest BCUT2D eigenvalue weighted by Crippen LogP contribution is -2.15. The molecule has 0 amide bonds. The summed E-state index contributed by atoms with van der Waals surface area (Å²) >= 11 is 0. The zero-order valence-electron chi connectivity index (χ0n) is 18.7. The van der Waals surface area contributed by atoms with Crippen molar-refractivity contribution in [2.75, 3.05) is 66.0 Å². The van der Waals surface area contributed by atoms with Crippen molar-refractivity contribution in [1.82, 2.24) is 0 Å². The number of carbonyl (C=O) groups is 1. The van der Waals surface area contributed by atoms with Crippen molar-refractivity contribution in [3.63, 3.8) is 0 Å². The van der Waals surface area contributed by atoms with Gasteiger partial charge in [-0.3, -0.25) is 4.79 Å². The van der Waals surface area contributed by atoms with Crippen molar-refractivity contribution in [3.05, 3.63) is 0 Å². The molecule has 0 aromatic heterocycles. The second kappa shape index (κ2) is 25.3. The molecule has 0 saturated carbocycles. The minimum Gasteiger partial charge on any atom is -0.463 e. The molecule has 0 unspecified atom stereocenters. The maximum Gasteiger partial charge on any atom is 0.305 e. The molecule has 174 valence electrons. The van der Waals surface area contributed by atoms with E-state index in [2.05, 4.69) is 6.92 Å². The lowest BCUT2D eigenvalue weighted by molar-refractivity contribution is -0.145. The number of unbranched alkanes of at least 4 members (excludes halogenated alkanes) is 8. The second-order valence-electron chi connectivity index (χ2n) is 7.04. The Bertz CT molecular complexity index is 330. The van der Waals surface area contributed by atoms with Crippen LogP contribution in [0.5, 0.6) is 0 Å². The first-order valence-corrected chi connectivity index (χ1v) is 11.5. The molecular formula is C22H45NO6. The summed E-state index contributed by atoms with van der Waals surface area (Å²) in [5, 5.41) is 0. The lowest BCUT2D eigenvalue weighted by Gasteiger charge is -2.08. The molecule has 2 N–H and O–H groups in total. The van der Waals surface area contributed by atoms with Crippen LogP contribution in [0, 0.1) is 0 Å². The maximum atomic E-state index is 11.6. The van der Waals surface area contributed by atoms with Crippen molar-refractivity contribution in [3.8, 4) is 0 Å². The highest BCUT2D eigenvalue weighted by Crippen LogP contribution is 2.10. The van der Waals surface area contributed by atoms with Gasteiger partial charge < -0.3 is 29.4 Å². The van der Waals surface area contributed by atoms with E-state index in [-0.39, 0.29) is 5.97 Å². The van der Waals surface area contributed by atoms with Gasteiger partial charge in [0.05, 0.1) is 52.9 Å².